The molecule has 9 aromatic carbocycles. The van der Waals surface area contributed by atoms with Gasteiger partial charge in [0, 0.05) is 66.7 Å². The number of hydrogen-bond donors (Lipinski definition) is 2. The third-order valence-electron chi connectivity index (χ3n) is 27.1. The molecule has 5 atom stereocenters. The van der Waals surface area contributed by atoms with Gasteiger partial charge in [0.15, 0.2) is 12.6 Å². The van der Waals surface area contributed by atoms with Crippen molar-refractivity contribution in [3.05, 3.63) is 335 Å². The zero-order valence-corrected chi connectivity index (χ0v) is 91.3. The molecule has 17 nitrogen and oxygen atoms in total. The molecule has 748 valence electrons. The molecule has 0 bridgehead atoms. The van der Waals surface area contributed by atoms with Gasteiger partial charge in [-0.1, -0.05) is 229 Å². The van der Waals surface area contributed by atoms with E-state index in [1.165, 1.54) is 36.5 Å². The van der Waals surface area contributed by atoms with Gasteiger partial charge in [0.1, 0.15) is 6.10 Å². The molecule has 5 aliphatic rings. The first-order valence-corrected chi connectivity index (χ1v) is 54.9. The molecular weight excluding hydrogens is 1940 g/mol. The molecule has 2 aliphatic heterocycles. The summed E-state index contributed by atoms with van der Waals surface area (Å²) < 4.78 is 64.6. The van der Waals surface area contributed by atoms with E-state index < -0.39 is 39.0 Å². The zero-order chi connectivity index (χ0) is 101. The molecule has 5 fully saturated rings. The van der Waals surface area contributed by atoms with Crippen LogP contribution >= 0.6 is 71.0 Å². The molecule has 3 aromatic heterocycles. The molecule has 17 rings (SSSR count). The van der Waals surface area contributed by atoms with Crippen LogP contribution in [0.25, 0.3) is 69.2 Å². The van der Waals surface area contributed by atoms with Gasteiger partial charge in [-0.15, -0.1) is 0 Å². The van der Waals surface area contributed by atoms with Crippen LogP contribution in [0.4, 0.5) is 0 Å². The smallest absolute Gasteiger partial charge is 0.550 e. The molecule has 12 aromatic rings. The van der Waals surface area contributed by atoms with Crippen LogP contribution in [-0.4, -0.2) is 110 Å². The number of benzene rings is 9. The van der Waals surface area contributed by atoms with Gasteiger partial charge < -0.3 is 43.4 Å². The molecular formula is C118H131Cl3N3NaO14S4. The Morgan fingerprint density at radius 3 is 1.19 bits per heavy atom. The molecule has 143 heavy (non-hydrogen) atoms. The summed E-state index contributed by atoms with van der Waals surface area (Å²) >= 11 is 26.5. The molecule has 3 saturated carbocycles. The number of hydrogen-bond acceptors (Lipinski definition) is 20. The number of carbonyl (C=O) groups is 3. The first-order chi connectivity index (χ1) is 68.1. The van der Waals surface area contributed by atoms with Crippen LogP contribution in [0.1, 0.15) is 258 Å². The van der Waals surface area contributed by atoms with Gasteiger partial charge in [0.2, 0.25) is 0 Å². The van der Waals surface area contributed by atoms with Gasteiger partial charge in [0.05, 0.1) is 83.8 Å². The summed E-state index contributed by atoms with van der Waals surface area (Å²) in [4.78, 5) is 48.6. The Hall–Kier alpha value is -8.53. The third-order valence-corrected chi connectivity index (χ3v) is 32.4. The molecule has 0 amide bonds. The van der Waals surface area contributed by atoms with Crippen LogP contribution in [0.5, 0.6) is 0 Å². The molecule has 0 spiro atoms. The minimum Gasteiger partial charge on any atom is -0.550 e. The summed E-state index contributed by atoms with van der Waals surface area (Å²) in [5.41, 5.74) is 16.4. The number of esters is 2. The minimum absolute atomic E-state index is 0. The van der Waals surface area contributed by atoms with Crippen molar-refractivity contribution in [2.24, 2.45) is 16.2 Å². The van der Waals surface area contributed by atoms with Gasteiger partial charge in [0.25, 0.3) is 10.1 Å². The second-order valence-corrected chi connectivity index (χ2v) is 45.4. The van der Waals surface area contributed by atoms with E-state index in [1.807, 2.05) is 195 Å². The van der Waals surface area contributed by atoms with Crippen LogP contribution in [0.15, 0.2) is 237 Å². The van der Waals surface area contributed by atoms with Crippen LogP contribution in [0.2, 0.25) is 15.1 Å². The summed E-state index contributed by atoms with van der Waals surface area (Å²) in [7, 11) is -0.793. The topological polar surface area (TPSA) is 232 Å². The zero-order valence-electron chi connectivity index (χ0n) is 83.7. The Balaban J connectivity index is 0.000000171. The summed E-state index contributed by atoms with van der Waals surface area (Å²) in [6.45, 7) is 13.6. The standard InChI is InChI=1S/C41H46ClNO4S.C35H38ClNO5S.C35H36ClNO3S.C7H12O2S.Na/c1-40(2,47-39-13-6-7-24-46-39)35-12-5-4-10-30(35)17-21-37(48-28-41(22-23-41)27-38(44)45-3)32-11-8-9-29(25-32)14-19-34-20-16-31-15-18-33(42)26-36(31)43-34;1-35(2,41-34-13-6-7-22-40-34)31-12-5-4-10-26(31)17-21-33(42-43(3,38)39)28-11-8-9-25(23-28)14-19-30-20-16-27-15-18-29(36)24-32(27)37-30;1-34(2,40)30-9-4-3-7-25(30)13-17-32(41-23-35(18-19-35)22-33(38)39)27-8-5-6-24(20-27)10-15-29-16-12-26-11-14-28(36)21-31(26)37-29;1-9-6(8)4-7(5-10)2-3-7;/h4-5,8-12,14-16,18-20,25-26,37,39H,6-7,13,17,21-24,27-28H2,1-3H3;4-5,8-12,14-16,18-20,23-24,33-34H,6-7,13,17,21-22H2,1-3H3;3-12,14-16,20-21,32,40H,13,17-19,22-23H2,1-2H3,(H,38,39);10H,2-5H2,1H3;/q;;;;+1/p-1/b2*19-14+;15-10+;;/t37-,39?;33-,34?;32-;;/m111../s1. The van der Waals surface area contributed by atoms with Crippen LogP contribution < -0.4 is 34.7 Å². The number of halogens is 3. The van der Waals surface area contributed by atoms with E-state index in [-0.39, 0.29) is 87.2 Å². The van der Waals surface area contributed by atoms with Gasteiger partial charge in [-0.05, 0) is 337 Å². The third kappa shape index (κ3) is 34.0. The molecule has 3 aliphatic carbocycles. The van der Waals surface area contributed by atoms with Crippen molar-refractivity contribution in [2.75, 3.05) is 50.9 Å². The molecule has 0 radical (unpaired) electrons. The number of ether oxygens (including phenoxy) is 6. The molecule has 1 N–H and O–H groups in total. The fourth-order valence-corrected chi connectivity index (χ4v) is 23.1. The number of aromatic nitrogens is 3. The quantitative estimate of drug-likeness (QED) is 0.0157. The Morgan fingerprint density at radius 1 is 0.469 bits per heavy atom. The molecule has 2 unspecified atom stereocenters. The Bertz CT molecular complexity index is 6540. The van der Waals surface area contributed by atoms with E-state index in [0.717, 1.165) is 234 Å². The van der Waals surface area contributed by atoms with Gasteiger partial charge >= 0.3 is 41.5 Å². The summed E-state index contributed by atoms with van der Waals surface area (Å²) in [5, 5.41) is 27.7. The minimum atomic E-state index is -3.71. The maximum absolute atomic E-state index is 12.3. The number of aliphatic hydroxyl groups is 1. The van der Waals surface area contributed by atoms with E-state index >= 15 is 0 Å². The maximum Gasteiger partial charge on any atom is 1.00 e. The first kappa shape index (κ1) is 112. The van der Waals surface area contributed by atoms with Gasteiger partial charge in [-0.3, -0.25) is 13.8 Å². The fourth-order valence-electron chi connectivity index (χ4n) is 18.4. The second kappa shape index (κ2) is 51.9. The normalized spacial score (nSPS) is 17.0. The number of thioether (sulfide) groups is 2. The van der Waals surface area contributed by atoms with E-state index in [9.17, 15) is 33.0 Å². The van der Waals surface area contributed by atoms with Crippen molar-refractivity contribution < 1.29 is 95.2 Å². The summed E-state index contributed by atoms with van der Waals surface area (Å²) in [5.74, 6) is 1.36. The Labute approximate surface area is 895 Å². The average molecular weight is 2070 g/mol. The number of aliphatic carboxylic acids is 1. The number of carboxylic acid groups (broad SMARTS) is 1. The van der Waals surface area contributed by atoms with Crippen molar-refractivity contribution >= 4 is 168 Å². The van der Waals surface area contributed by atoms with Gasteiger partial charge in [-0.25, -0.2) is 15.0 Å². The Kier molecular flexibility index (Phi) is 40.5. The van der Waals surface area contributed by atoms with Crippen molar-refractivity contribution in [2.45, 2.75) is 222 Å². The van der Waals surface area contributed by atoms with Crippen LogP contribution in [0.3, 0.4) is 0 Å². The van der Waals surface area contributed by atoms with E-state index in [2.05, 4.69) is 160 Å². The number of nitrogens with zero attached hydrogens (tertiary/aromatic N) is 3. The van der Waals surface area contributed by atoms with Crippen molar-refractivity contribution in [3.8, 4) is 0 Å². The largest absolute Gasteiger partial charge is 1.00 e. The summed E-state index contributed by atoms with van der Waals surface area (Å²) in [6, 6.07) is 79.3. The maximum atomic E-state index is 12.3. The second-order valence-electron chi connectivity index (χ2n) is 39.8. The van der Waals surface area contributed by atoms with Crippen molar-refractivity contribution in [3.63, 3.8) is 0 Å². The number of thiol groups is 1. The number of aryl methyl sites for hydroxylation is 3. The molecule has 25 heteroatoms. The van der Waals surface area contributed by atoms with Crippen molar-refractivity contribution in [1.29, 1.82) is 0 Å². The average Bonchev–Trinajstić information content (AvgIpc) is 1.64. The number of pyridine rings is 3. The number of fused-ring (bicyclic) bond motifs is 3. The van der Waals surface area contributed by atoms with E-state index in [4.69, 9.17) is 77.6 Å². The van der Waals surface area contributed by atoms with Crippen LogP contribution in [0, 0.1) is 16.2 Å². The van der Waals surface area contributed by atoms with E-state index in [1.54, 1.807) is 0 Å². The summed E-state index contributed by atoms with van der Waals surface area (Å²) in [6.07, 6.45) is 30.6. The number of rotatable bonds is 40. The number of carboxylic acids is 1. The monoisotopic (exact) mass is 2070 g/mol. The number of methoxy groups -OCH3 is 2. The van der Waals surface area contributed by atoms with Gasteiger partial charge in [-0.2, -0.15) is 44.6 Å². The van der Waals surface area contributed by atoms with Crippen LogP contribution in [-0.2, 0) is 93.2 Å². The van der Waals surface area contributed by atoms with E-state index in [0.29, 0.717) is 40.8 Å². The molecule has 2 saturated heterocycles. The fraction of sp³-hybridized carbons (Fsp3) is 0.390. The predicted molar refractivity (Wildman–Crippen MR) is 582 cm³/mol. The Morgan fingerprint density at radius 2 is 0.825 bits per heavy atom. The first-order valence-electron chi connectivity index (χ1n) is 49.3. The predicted octanol–water partition coefficient (Wildman–Crippen LogP) is 25.0. The SMILES string of the molecule is CC(C)(O)c1ccccc1CC[C@@H](SCC1(CC(=O)[O-])CC1)c1cccc(/C=C/c2ccc3ccc(Cl)cc3n2)c1.CC(C)(OC1CCCCO1)c1ccccc1CC[C@@H](OS(C)(=O)=O)c1cccc(/C=C/c2ccc3ccc(Cl)cc3n2)c1.COC(=O)CC1(CS)CC1.COC(=O)CC1(CS[C@H](CCc2ccccc2C(C)(C)OC2CCCCO2)c2cccc(/C=C/c3ccc4ccc(Cl)cc4n3)c2)CC1.[Na+]. The van der Waals surface area contributed by atoms with Crippen molar-refractivity contribution in [1.82, 2.24) is 15.0 Å². The number of carbonyl (C=O) groups excluding carboxylic acids is 3. The molecule has 5 heterocycles.